The van der Waals surface area contributed by atoms with Crippen molar-refractivity contribution >= 4 is 5.69 Å². The van der Waals surface area contributed by atoms with Crippen molar-refractivity contribution in [3.8, 4) is 0 Å². The molecule has 3 heterocycles. The van der Waals surface area contributed by atoms with Crippen molar-refractivity contribution < 1.29 is 0 Å². The average Bonchev–Trinajstić information content (AvgIpc) is 2.92. The summed E-state index contributed by atoms with van der Waals surface area (Å²) in [5, 5.41) is 3.37. The van der Waals surface area contributed by atoms with E-state index in [0.717, 1.165) is 38.5 Å². The van der Waals surface area contributed by atoms with Gasteiger partial charge in [0.15, 0.2) is 0 Å². The van der Waals surface area contributed by atoms with E-state index in [0.29, 0.717) is 0 Å². The zero-order valence-electron chi connectivity index (χ0n) is 11.2. The highest BCUT2D eigenvalue weighted by molar-refractivity contribution is 5.52. The predicted molar refractivity (Wildman–Crippen MR) is 74.9 cm³/mol. The maximum atomic E-state index is 4.41. The lowest BCUT2D eigenvalue weighted by Gasteiger charge is -2.31. The molecular weight excluding hydrogens is 238 g/mol. The van der Waals surface area contributed by atoms with Gasteiger partial charge in [-0.15, -0.1) is 0 Å². The first-order chi connectivity index (χ1) is 9.38. The van der Waals surface area contributed by atoms with Crippen LogP contribution in [0.5, 0.6) is 0 Å². The van der Waals surface area contributed by atoms with E-state index in [4.69, 9.17) is 0 Å². The monoisotopic (exact) mass is 257 g/mol. The number of imidazole rings is 1. The minimum atomic E-state index is 0.866. The van der Waals surface area contributed by atoms with Gasteiger partial charge in [0.05, 0.1) is 6.54 Å². The zero-order valence-corrected chi connectivity index (χ0v) is 11.2. The number of hydrogen-bond acceptors (Lipinski definition) is 4. The molecule has 0 amide bonds. The molecule has 5 heteroatoms. The van der Waals surface area contributed by atoms with Crippen molar-refractivity contribution in [3.05, 3.63) is 42.2 Å². The van der Waals surface area contributed by atoms with Crippen LogP contribution in [0.3, 0.4) is 0 Å². The van der Waals surface area contributed by atoms with Gasteiger partial charge in [-0.05, 0) is 12.6 Å². The molecule has 1 aliphatic heterocycles. The standard InChI is InChI=1S/C14H19N5/c1-2-15-9-12-10-16-4-3-13(12)19-8-7-18-6-5-17-14(18)11-19/h3-6,10,15H,2,7-9,11H2,1H3. The molecule has 3 rings (SSSR count). The Morgan fingerprint density at radius 3 is 3.16 bits per heavy atom. The molecular formula is C14H19N5. The van der Waals surface area contributed by atoms with Crippen LogP contribution in [0.1, 0.15) is 18.3 Å². The highest BCUT2D eigenvalue weighted by Crippen LogP contribution is 2.23. The number of nitrogens with one attached hydrogen (secondary N) is 1. The molecule has 0 saturated heterocycles. The van der Waals surface area contributed by atoms with E-state index in [1.54, 1.807) is 0 Å². The first-order valence-corrected chi connectivity index (χ1v) is 6.77. The van der Waals surface area contributed by atoms with Gasteiger partial charge in [-0.3, -0.25) is 4.98 Å². The maximum absolute atomic E-state index is 4.41. The van der Waals surface area contributed by atoms with E-state index in [1.807, 2.05) is 18.6 Å². The van der Waals surface area contributed by atoms with E-state index in [2.05, 4.69) is 43.9 Å². The molecule has 0 unspecified atom stereocenters. The van der Waals surface area contributed by atoms with Gasteiger partial charge in [0.25, 0.3) is 0 Å². The Morgan fingerprint density at radius 2 is 2.26 bits per heavy atom. The van der Waals surface area contributed by atoms with Crippen LogP contribution in [0, 0.1) is 0 Å². The Labute approximate surface area is 113 Å². The second-order valence-electron chi connectivity index (χ2n) is 4.74. The SMILES string of the molecule is CCNCc1cnccc1N1CCn2ccnc2C1. The molecule has 0 radical (unpaired) electrons. The Balaban J connectivity index is 1.83. The number of aromatic nitrogens is 3. The van der Waals surface area contributed by atoms with Crippen LogP contribution in [-0.2, 0) is 19.6 Å². The summed E-state index contributed by atoms with van der Waals surface area (Å²) in [6.07, 6.45) is 7.76. The molecule has 0 bridgehead atoms. The summed E-state index contributed by atoms with van der Waals surface area (Å²) in [6.45, 7) is 6.85. The zero-order chi connectivity index (χ0) is 13.1. The topological polar surface area (TPSA) is 46.0 Å². The molecule has 0 saturated carbocycles. The minimum Gasteiger partial charge on any atom is -0.362 e. The second-order valence-corrected chi connectivity index (χ2v) is 4.74. The quantitative estimate of drug-likeness (QED) is 0.899. The van der Waals surface area contributed by atoms with E-state index in [9.17, 15) is 0 Å². The Kier molecular flexibility index (Phi) is 3.46. The molecule has 1 N–H and O–H groups in total. The van der Waals surface area contributed by atoms with Gasteiger partial charge in [0, 0.05) is 55.7 Å². The Morgan fingerprint density at radius 1 is 1.32 bits per heavy atom. The van der Waals surface area contributed by atoms with Crippen LogP contribution in [0.25, 0.3) is 0 Å². The van der Waals surface area contributed by atoms with E-state index < -0.39 is 0 Å². The second kappa shape index (κ2) is 5.40. The molecule has 19 heavy (non-hydrogen) atoms. The van der Waals surface area contributed by atoms with E-state index in [-0.39, 0.29) is 0 Å². The van der Waals surface area contributed by atoms with E-state index >= 15 is 0 Å². The lowest BCUT2D eigenvalue weighted by Crippen LogP contribution is -2.34. The fourth-order valence-electron chi connectivity index (χ4n) is 2.50. The van der Waals surface area contributed by atoms with Crippen molar-refractivity contribution in [1.82, 2.24) is 19.9 Å². The number of fused-ring (bicyclic) bond motifs is 1. The number of nitrogens with zero attached hydrogens (tertiary/aromatic N) is 4. The maximum Gasteiger partial charge on any atom is 0.128 e. The summed E-state index contributed by atoms with van der Waals surface area (Å²) >= 11 is 0. The molecule has 0 fully saturated rings. The predicted octanol–water partition coefficient (Wildman–Crippen LogP) is 1.41. The van der Waals surface area contributed by atoms with Crippen LogP contribution in [-0.4, -0.2) is 27.6 Å². The molecule has 0 spiro atoms. The summed E-state index contributed by atoms with van der Waals surface area (Å²) in [6, 6.07) is 2.10. The molecule has 0 atom stereocenters. The first-order valence-electron chi connectivity index (χ1n) is 6.77. The van der Waals surface area contributed by atoms with Gasteiger partial charge in [-0.2, -0.15) is 0 Å². The molecule has 0 aliphatic carbocycles. The summed E-state index contributed by atoms with van der Waals surface area (Å²) in [7, 11) is 0. The summed E-state index contributed by atoms with van der Waals surface area (Å²) < 4.78 is 2.22. The molecule has 2 aromatic heterocycles. The molecule has 0 aromatic carbocycles. The van der Waals surface area contributed by atoms with Crippen molar-refractivity contribution in [3.63, 3.8) is 0 Å². The third-order valence-corrected chi connectivity index (χ3v) is 3.53. The van der Waals surface area contributed by atoms with Crippen LogP contribution in [0.4, 0.5) is 5.69 Å². The largest absolute Gasteiger partial charge is 0.362 e. The average molecular weight is 257 g/mol. The molecule has 1 aliphatic rings. The van der Waals surface area contributed by atoms with Crippen molar-refractivity contribution in [1.29, 1.82) is 0 Å². The third kappa shape index (κ3) is 2.46. The van der Waals surface area contributed by atoms with Gasteiger partial charge in [0.1, 0.15) is 5.82 Å². The van der Waals surface area contributed by atoms with Gasteiger partial charge in [-0.25, -0.2) is 4.98 Å². The number of hydrogen-bond donors (Lipinski definition) is 1. The van der Waals surface area contributed by atoms with Crippen LogP contribution in [0.15, 0.2) is 30.9 Å². The fraction of sp³-hybridized carbons (Fsp3) is 0.429. The highest BCUT2D eigenvalue weighted by Gasteiger charge is 2.18. The third-order valence-electron chi connectivity index (χ3n) is 3.53. The van der Waals surface area contributed by atoms with Gasteiger partial charge in [0.2, 0.25) is 0 Å². The normalized spacial score (nSPS) is 14.5. The van der Waals surface area contributed by atoms with Gasteiger partial charge in [-0.1, -0.05) is 6.92 Å². The highest BCUT2D eigenvalue weighted by atomic mass is 15.2. The first kappa shape index (κ1) is 12.2. The Hall–Kier alpha value is -1.88. The van der Waals surface area contributed by atoms with E-state index in [1.165, 1.54) is 11.3 Å². The lowest BCUT2D eigenvalue weighted by molar-refractivity contribution is 0.557. The number of rotatable bonds is 4. The minimum absolute atomic E-state index is 0.866. The van der Waals surface area contributed by atoms with Gasteiger partial charge < -0.3 is 14.8 Å². The van der Waals surface area contributed by atoms with Crippen molar-refractivity contribution in [2.75, 3.05) is 18.0 Å². The van der Waals surface area contributed by atoms with Crippen LogP contribution >= 0.6 is 0 Å². The summed E-state index contributed by atoms with van der Waals surface area (Å²) in [5.41, 5.74) is 2.52. The van der Waals surface area contributed by atoms with Crippen LogP contribution < -0.4 is 10.2 Å². The molecule has 5 nitrogen and oxygen atoms in total. The van der Waals surface area contributed by atoms with Gasteiger partial charge >= 0.3 is 0 Å². The van der Waals surface area contributed by atoms with Crippen molar-refractivity contribution in [2.45, 2.75) is 26.6 Å². The molecule has 100 valence electrons. The van der Waals surface area contributed by atoms with Crippen LogP contribution in [0.2, 0.25) is 0 Å². The lowest BCUT2D eigenvalue weighted by atomic mass is 10.2. The van der Waals surface area contributed by atoms with Crippen molar-refractivity contribution in [2.24, 2.45) is 0 Å². The summed E-state index contributed by atoms with van der Waals surface area (Å²) in [5.74, 6) is 1.14. The summed E-state index contributed by atoms with van der Waals surface area (Å²) in [4.78, 5) is 11.0. The Bertz CT molecular complexity index is 548. The number of pyridine rings is 1. The number of anilines is 1. The fourth-order valence-corrected chi connectivity index (χ4v) is 2.50. The smallest absolute Gasteiger partial charge is 0.128 e. The molecule has 2 aromatic rings.